The summed E-state index contributed by atoms with van der Waals surface area (Å²) < 4.78 is 29.8. The van der Waals surface area contributed by atoms with Crippen LogP contribution in [0.4, 0.5) is 0 Å². The van der Waals surface area contributed by atoms with Crippen molar-refractivity contribution in [3.05, 3.63) is 23.3 Å². The van der Waals surface area contributed by atoms with Crippen molar-refractivity contribution in [2.45, 2.75) is 173 Å². The van der Waals surface area contributed by atoms with Crippen LogP contribution in [-0.2, 0) is 42.9 Å². The van der Waals surface area contributed by atoms with Crippen LogP contribution in [0.25, 0.3) is 0 Å². The van der Waals surface area contributed by atoms with E-state index in [1.54, 1.807) is 21.0 Å². The van der Waals surface area contributed by atoms with Gasteiger partial charge in [0.15, 0.2) is 5.78 Å². The molecule has 57 heavy (non-hydrogen) atoms. The van der Waals surface area contributed by atoms with Gasteiger partial charge in [-0.15, -0.1) is 0 Å². The number of cyclic esters (lactones) is 1. The number of Topliss-reactive ketones (excluding diaryl/α,β-unsaturated/α-hetero) is 2. The predicted octanol–water partition coefficient (Wildman–Crippen LogP) is 4.86. The minimum Gasteiger partial charge on any atom is -0.456 e. The van der Waals surface area contributed by atoms with Crippen LogP contribution >= 0.6 is 0 Å². The van der Waals surface area contributed by atoms with Gasteiger partial charge in [-0.2, -0.15) is 0 Å². The standard InChI is InChI=1S/C44H71NO12/c1-10-13-31-19-25(2)18-26(3)20-37(54-8)40-38(55-9)22-28(5)44(52,57-40)41(49)42(50)45-17-12-11-14-32(45)43(51)56-39(29(6)34(47)24-35(31)48)27(4)21-30-15-16-33(46)36(23-30)53-7/h19,21,25-26,28-30,32-34,36-40,46-47,52H,10-18,20,22-24H2,1-9H3/t25?,26?,28-,29?,30+,32+,33?,34?,36-,37?,38+,39?,40?,44-/m1/s1. The van der Waals surface area contributed by atoms with E-state index in [0.717, 1.165) is 6.42 Å². The van der Waals surface area contributed by atoms with Crippen molar-refractivity contribution in [2.24, 2.45) is 29.6 Å². The number of esters is 1. The van der Waals surface area contributed by atoms with E-state index in [9.17, 15) is 34.5 Å². The number of ketones is 2. The minimum atomic E-state index is -2.50. The second-order valence-electron chi connectivity index (χ2n) is 17.5. The Morgan fingerprint density at radius 2 is 1.56 bits per heavy atom. The van der Waals surface area contributed by atoms with Crippen LogP contribution < -0.4 is 0 Å². The lowest BCUT2D eigenvalue weighted by Gasteiger charge is -2.47. The number of nitrogens with zero attached hydrogens (tertiary/aromatic N) is 1. The molecule has 14 atom stereocenters. The Bertz CT molecular complexity index is 1450. The molecule has 4 rings (SSSR count). The molecule has 2 saturated heterocycles. The molecule has 3 fully saturated rings. The zero-order chi connectivity index (χ0) is 42.2. The second kappa shape index (κ2) is 21.1. The highest BCUT2D eigenvalue weighted by Crippen LogP contribution is 2.39. The van der Waals surface area contributed by atoms with Gasteiger partial charge in [0.05, 0.1) is 30.5 Å². The average molecular weight is 806 g/mol. The number of rotatable bonds is 7. The second-order valence-corrected chi connectivity index (χ2v) is 17.5. The molecule has 0 aromatic rings. The topological polar surface area (TPSA) is 178 Å². The van der Waals surface area contributed by atoms with Crippen LogP contribution in [0.1, 0.15) is 119 Å². The maximum absolute atomic E-state index is 14.3. The fourth-order valence-corrected chi connectivity index (χ4v) is 9.60. The molecule has 13 heteroatoms. The first-order valence-electron chi connectivity index (χ1n) is 21.3. The maximum Gasteiger partial charge on any atom is 0.329 e. The molecule has 324 valence electrons. The van der Waals surface area contributed by atoms with Gasteiger partial charge in [0.1, 0.15) is 18.2 Å². The Kier molecular flexibility index (Phi) is 17.5. The summed E-state index contributed by atoms with van der Waals surface area (Å²) in [5.41, 5.74) is 1.31. The van der Waals surface area contributed by atoms with E-state index in [1.807, 2.05) is 32.9 Å². The molecule has 0 spiro atoms. The van der Waals surface area contributed by atoms with Crippen LogP contribution in [0.15, 0.2) is 23.3 Å². The van der Waals surface area contributed by atoms with E-state index in [-0.39, 0.29) is 55.4 Å². The van der Waals surface area contributed by atoms with Gasteiger partial charge in [0, 0.05) is 46.1 Å². The Balaban J connectivity index is 1.78. The monoisotopic (exact) mass is 805 g/mol. The van der Waals surface area contributed by atoms with Crippen molar-refractivity contribution in [3.63, 3.8) is 0 Å². The summed E-state index contributed by atoms with van der Waals surface area (Å²) in [6.07, 6.45) is 4.56. The van der Waals surface area contributed by atoms with Gasteiger partial charge in [-0.1, -0.05) is 53.2 Å². The number of aliphatic hydroxyl groups is 3. The number of hydrogen-bond donors (Lipinski definition) is 3. The summed E-state index contributed by atoms with van der Waals surface area (Å²) in [6.45, 7) is 11.4. The van der Waals surface area contributed by atoms with E-state index in [1.165, 1.54) is 19.1 Å². The summed E-state index contributed by atoms with van der Waals surface area (Å²) in [5.74, 6) is -7.09. The van der Waals surface area contributed by atoms with E-state index >= 15 is 0 Å². The number of aliphatic hydroxyl groups excluding tert-OH is 2. The van der Waals surface area contributed by atoms with Crippen molar-refractivity contribution in [1.29, 1.82) is 0 Å². The summed E-state index contributed by atoms with van der Waals surface area (Å²) in [4.78, 5) is 57.9. The zero-order valence-electron chi connectivity index (χ0n) is 35.8. The van der Waals surface area contributed by atoms with Crippen molar-refractivity contribution in [1.82, 2.24) is 4.90 Å². The Morgan fingerprint density at radius 1 is 0.895 bits per heavy atom. The Hall–Kier alpha value is -2.52. The van der Waals surface area contributed by atoms with Crippen LogP contribution in [0, 0.1) is 29.6 Å². The van der Waals surface area contributed by atoms with Gasteiger partial charge in [-0.3, -0.25) is 14.4 Å². The van der Waals surface area contributed by atoms with Crippen molar-refractivity contribution >= 4 is 23.4 Å². The highest BCUT2D eigenvalue weighted by Gasteiger charge is 2.56. The van der Waals surface area contributed by atoms with Gasteiger partial charge in [0.25, 0.3) is 11.7 Å². The quantitative estimate of drug-likeness (QED) is 0.181. The molecule has 1 saturated carbocycles. The van der Waals surface area contributed by atoms with Crippen LogP contribution in [0.2, 0.25) is 0 Å². The third-order valence-corrected chi connectivity index (χ3v) is 13.0. The van der Waals surface area contributed by atoms with Crippen LogP contribution in [-0.4, -0.2) is 126 Å². The third-order valence-electron chi connectivity index (χ3n) is 13.0. The molecular formula is C44H71NO12. The number of allylic oxidation sites excluding steroid dienone is 3. The van der Waals surface area contributed by atoms with E-state index < -0.39 is 77.9 Å². The number of amides is 1. The number of methoxy groups -OCH3 is 3. The van der Waals surface area contributed by atoms with E-state index in [2.05, 4.69) is 6.92 Å². The first-order chi connectivity index (χ1) is 27.0. The number of ether oxygens (including phenoxy) is 5. The maximum atomic E-state index is 14.3. The first kappa shape index (κ1) is 47.2. The lowest BCUT2D eigenvalue weighted by molar-refractivity contribution is -0.302. The molecule has 8 unspecified atom stereocenters. The zero-order valence-corrected chi connectivity index (χ0v) is 35.8. The Labute approximate surface area is 339 Å². The van der Waals surface area contributed by atoms with Crippen molar-refractivity contribution in [3.8, 4) is 0 Å². The predicted molar refractivity (Wildman–Crippen MR) is 213 cm³/mol. The molecule has 4 aliphatic rings. The lowest BCUT2D eigenvalue weighted by Crippen LogP contribution is -2.64. The fourth-order valence-electron chi connectivity index (χ4n) is 9.60. The van der Waals surface area contributed by atoms with Gasteiger partial charge in [-0.05, 0) is 100 Å². The molecule has 3 heterocycles. The largest absolute Gasteiger partial charge is 0.456 e. The third kappa shape index (κ3) is 11.4. The van der Waals surface area contributed by atoms with Crippen LogP contribution in [0.5, 0.6) is 0 Å². The minimum absolute atomic E-state index is 0.000944. The SMILES string of the molecule is CCCC1=CC(C)CC(C)CC(OC)C2O[C@@](O)(C(=O)C(=O)N3CCCC[C@H]3C(=O)OC(C(C)=C[C@@H]3CCC(O)[C@H](OC)C3)C(C)C(O)CC1=O)[C@H](C)C[C@@H]2OC. The number of fused-ring (bicyclic) bond motifs is 3. The Morgan fingerprint density at radius 3 is 2.21 bits per heavy atom. The number of hydrogen-bond acceptors (Lipinski definition) is 12. The van der Waals surface area contributed by atoms with Crippen molar-refractivity contribution in [2.75, 3.05) is 27.9 Å². The molecule has 13 nitrogen and oxygen atoms in total. The van der Waals surface area contributed by atoms with E-state index in [4.69, 9.17) is 23.7 Å². The summed E-state index contributed by atoms with van der Waals surface area (Å²) in [6, 6.07) is -1.13. The highest BCUT2D eigenvalue weighted by atomic mass is 16.7. The number of piperidine rings is 1. The fraction of sp³-hybridized carbons (Fsp3) is 0.818. The van der Waals surface area contributed by atoms with Crippen molar-refractivity contribution < 1.29 is 58.2 Å². The molecule has 0 aromatic heterocycles. The van der Waals surface area contributed by atoms with E-state index in [0.29, 0.717) is 62.5 Å². The molecule has 1 aliphatic carbocycles. The molecule has 0 aromatic carbocycles. The van der Waals surface area contributed by atoms with Gasteiger partial charge in [-0.25, -0.2) is 4.79 Å². The number of carbonyl (C=O) groups is 4. The smallest absolute Gasteiger partial charge is 0.329 e. The summed E-state index contributed by atoms with van der Waals surface area (Å²) in [7, 11) is 4.64. The van der Waals surface area contributed by atoms with Gasteiger partial charge in [0.2, 0.25) is 5.79 Å². The van der Waals surface area contributed by atoms with Gasteiger partial charge >= 0.3 is 5.97 Å². The molecule has 2 bridgehead atoms. The average Bonchev–Trinajstić information content (AvgIpc) is 3.18. The first-order valence-corrected chi connectivity index (χ1v) is 21.3. The molecule has 3 N–H and O–H groups in total. The molecule has 0 radical (unpaired) electrons. The lowest BCUT2D eigenvalue weighted by atomic mass is 9.81. The summed E-state index contributed by atoms with van der Waals surface area (Å²) in [5, 5.41) is 34.2. The molecule has 3 aliphatic heterocycles. The highest BCUT2D eigenvalue weighted by molar-refractivity contribution is 6.39. The van der Waals surface area contributed by atoms with Gasteiger partial charge < -0.3 is 43.9 Å². The number of carbonyl (C=O) groups excluding carboxylic acids is 4. The summed E-state index contributed by atoms with van der Waals surface area (Å²) >= 11 is 0. The van der Waals surface area contributed by atoms with Crippen LogP contribution in [0.3, 0.4) is 0 Å². The molecular weight excluding hydrogens is 734 g/mol. The molecule has 1 amide bonds. The normalized spacial score (nSPS) is 40.1.